The van der Waals surface area contributed by atoms with Gasteiger partial charge < -0.3 is 40.9 Å². The second kappa shape index (κ2) is 13.5. The Kier molecular flexibility index (Phi) is 11.2. The molecule has 14 nitrogen and oxygen atoms in total. The summed E-state index contributed by atoms with van der Waals surface area (Å²) in [5, 5.41) is 80.5. The van der Waals surface area contributed by atoms with Crippen molar-refractivity contribution in [1.82, 2.24) is 9.97 Å². The first-order valence-corrected chi connectivity index (χ1v) is 12.6. The first-order chi connectivity index (χ1) is 18.9. The summed E-state index contributed by atoms with van der Waals surface area (Å²) >= 11 is 0. The maximum Gasteiger partial charge on any atom is 0.287 e. The lowest BCUT2D eigenvalue weighted by Crippen LogP contribution is -2.64. The largest absolute Gasteiger partial charge is 0.394 e. The highest BCUT2D eigenvalue weighted by molar-refractivity contribution is 6.01. The number of aliphatic hydroxyl groups is 8. The zero-order chi connectivity index (χ0) is 30.3. The van der Waals surface area contributed by atoms with E-state index in [1.54, 1.807) is 13.8 Å². The minimum Gasteiger partial charge on any atom is -0.394 e. The molecule has 2 rings (SSSR count). The van der Waals surface area contributed by atoms with Crippen molar-refractivity contribution >= 4 is 23.2 Å². The van der Waals surface area contributed by atoms with Crippen molar-refractivity contribution < 1.29 is 50.4 Å². The zero-order valence-electron chi connectivity index (χ0n) is 22.7. The molecule has 2 heterocycles. The lowest BCUT2D eigenvalue weighted by molar-refractivity contribution is -0.177. The van der Waals surface area contributed by atoms with Crippen LogP contribution in [0.1, 0.15) is 32.8 Å². The summed E-state index contributed by atoms with van der Waals surface area (Å²) in [6.07, 6.45) is 2.77. The highest BCUT2D eigenvalue weighted by Gasteiger charge is 2.46. The Morgan fingerprint density at radius 1 is 0.800 bits per heavy atom. The molecule has 8 N–H and O–H groups in total. The third-order valence-corrected chi connectivity index (χ3v) is 6.74. The molecule has 0 saturated heterocycles. The predicted octanol–water partition coefficient (Wildman–Crippen LogP) is -2.09. The lowest BCUT2D eigenvalue weighted by Gasteiger charge is -2.43. The van der Waals surface area contributed by atoms with Gasteiger partial charge >= 0.3 is 0 Å². The SMILES string of the molecule is CCC(=O)N(c1ccnc(-c2nccc(N(C(=O)C(C)(O)O)C(CO)(CO)CO)c2CC)c1)C(CO)(CO)CO. The van der Waals surface area contributed by atoms with Crippen molar-refractivity contribution in [2.45, 2.75) is 50.5 Å². The summed E-state index contributed by atoms with van der Waals surface area (Å²) in [6, 6.07) is 4.21. The van der Waals surface area contributed by atoms with Crippen LogP contribution in [0.5, 0.6) is 0 Å². The van der Waals surface area contributed by atoms with Crippen LogP contribution in [-0.4, -0.2) is 119 Å². The molecule has 0 aliphatic heterocycles. The van der Waals surface area contributed by atoms with E-state index in [1.165, 1.54) is 30.6 Å². The van der Waals surface area contributed by atoms with E-state index >= 15 is 0 Å². The van der Waals surface area contributed by atoms with Crippen LogP contribution in [0.15, 0.2) is 30.6 Å². The fraction of sp³-hybridized carbons (Fsp3) is 0.538. The number of carbonyl (C=O) groups excluding carboxylic acids is 2. The monoisotopic (exact) mass is 566 g/mol. The molecule has 0 bridgehead atoms. The minimum atomic E-state index is -2.94. The molecule has 0 atom stereocenters. The Bertz CT molecular complexity index is 1150. The summed E-state index contributed by atoms with van der Waals surface area (Å²) in [4.78, 5) is 36.6. The molecule has 0 aromatic carbocycles. The van der Waals surface area contributed by atoms with Gasteiger partial charge in [-0.3, -0.25) is 29.4 Å². The van der Waals surface area contributed by atoms with Gasteiger partial charge in [0.05, 0.1) is 56.7 Å². The Balaban J connectivity index is 2.87. The van der Waals surface area contributed by atoms with Crippen LogP contribution in [0.2, 0.25) is 0 Å². The van der Waals surface area contributed by atoms with E-state index in [0.29, 0.717) is 5.56 Å². The number of amides is 2. The van der Waals surface area contributed by atoms with E-state index in [1.807, 2.05) is 0 Å². The number of rotatable bonds is 14. The van der Waals surface area contributed by atoms with Gasteiger partial charge in [0.15, 0.2) is 0 Å². The second-order valence-corrected chi connectivity index (χ2v) is 9.55. The highest BCUT2D eigenvalue weighted by atomic mass is 16.5. The number of hydrogen-bond donors (Lipinski definition) is 8. The highest BCUT2D eigenvalue weighted by Crippen LogP contribution is 2.36. The normalized spacial score (nSPS) is 12.4. The zero-order valence-corrected chi connectivity index (χ0v) is 22.7. The van der Waals surface area contributed by atoms with Crippen LogP contribution in [-0.2, 0) is 16.0 Å². The Morgan fingerprint density at radius 2 is 1.30 bits per heavy atom. The molecule has 0 saturated carbocycles. The van der Waals surface area contributed by atoms with Crippen molar-refractivity contribution in [1.29, 1.82) is 0 Å². The summed E-state index contributed by atoms with van der Waals surface area (Å²) < 4.78 is 0. The average molecular weight is 567 g/mol. The maximum atomic E-state index is 13.2. The fourth-order valence-corrected chi connectivity index (χ4v) is 4.31. The van der Waals surface area contributed by atoms with Gasteiger partial charge in [-0.15, -0.1) is 0 Å². The standard InChI is InChI=1S/C26H38N4O10/c1-4-18-20(30(23(38)24(3,39)40)26(14-34,15-35)16-36)7-9-28-22(18)19-10-17(6-8-27-19)29(21(37)5-2)25(11-31,12-32)13-33/h6-10,31-36,39-40H,4-5,11-16H2,1-3H3. The first kappa shape index (κ1) is 33.1. The van der Waals surface area contributed by atoms with Crippen molar-refractivity contribution in [3.05, 3.63) is 36.2 Å². The third kappa shape index (κ3) is 6.14. The van der Waals surface area contributed by atoms with Gasteiger partial charge in [0, 0.05) is 30.1 Å². The van der Waals surface area contributed by atoms with E-state index in [-0.39, 0.29) is 35.6 Å². The molecular weight excluding hydrogens is 528 g/mol. The van der Waals surface area contributed by atoms with Crippen LogP contribution in [0, 0.1) is 0 Å². The van der Waals surface area contributed by atoms with Crippen molar-refractivity contribution in [2.75, 3.05) is 49.4 Å². The molecule has 0 aliphatic rings. The molecule has 14 heteroatoms. The van der Waals surface area contributed by atoms with Gasteiger partial charge in [-0.1, -0.05) is 13.8 Å². The van der Waals surface area contributed by atoms with E-state index in [2.05, 4.69) is 9.97 Å². The van der Waals surface area contributed by atoms with E-state index in [9.17, 15) is 50.4 Å². The van der Waals surface area contributed by atoms with Gasteiger partial charge in [-0.05, 0) is 31.5 Å². The summed E-state index contributed by atoms with van der Waals surface area (Å²) in [7, 11) is 0. The van der Waals surface area contributed by atoms with Crippen molar-refractivity contribution in [3.8, 4) is 11.4 Å². The molecule has 0 aliphatic carbocycles. The smallest absolute Gasteiger partial charge is 0.287 e. The number of anilines is 2. The van der Waals surface area contributed by atoms with Crippen LogP contribution in [0.3, 0.4) is 0 Å². The minimum absolute atomic E-state index is 0.00640. The van der Waals surface area contributed by atoms with Gasteiger partial charge in [-0.2, -0.15) is 0 Å². The molecule has 222 valence electrons. The predicted molar refractivity (Wildman–Crippen MR) is 143 cm³/mol. The molecule has 0 unspecified atom stereocenters. The molecular formula is C26H38N4O10. The molecule has 0 spiro atoms. The van der Waals surface area contributed by atoms with Crippen LogP contribution < -0.4 is 9.80 Å². The summed E-state index contributed by atoms with van der Waals surface area (Å²) in [6.45, 7) is -0.975. The van der Waals surface area contributed by atoms with Crippen molar-refractivity contribution in [2.24, 2.45) is 0 Å². The number of aromatic nitrogens is 2. The first-order valence-electron chi connectivity index (χ1n) is 12.6. The number of pyridine rings is 2. The van der Waals surface area contributed by atoms with Crippen LogP contribution >= 0.6 is 0 Å². The molecule has 2 aromatic rings. The van der Waals surface area contributed by atoms with Crippen LogP contribution in [0.4, 0.5) is 11.4 Å². The Hall–Kier alpha value is -3.08. The van der Waals surface area contributed by atoms with E-state index in [4.69, 9.17) is 0 Å². The molecule has 0 fully saturated rings. The number of carbonyl (C=O) groups is 2. The topological polar surface area (TPSA) is 228 Å². The lowest BCUT2D eigenvalue weighted by atomic mass is 9.95. The van der Waals surface area contributed by atoms with Gasteiger partial charge in [0.2, 0.25) is 11.7 Å². The number of aliphatic hydroxyl groups excluding tert-OH is 6. The van der Waals surface area contributed by atoms with Gasteiger partial charge in [0.1, 0.15) is 11.1 Å². The van der Waals surface area contributed by atoms with E-state index in [0.717, 1.165) is 16.7 Å². The van der Waals surface area contributed by atoms with Gasteiger partial charge in [-0.25, -0.2) is 0 Å². The molecule has 40 heavy (non-hydrogen) atoms. The third-order valence-electron chi connectivity index (χ3n) is 6.74. The Morgan fingerprint density at radius 3 is 1.75 bits per heavy atom. The van der Waals surface area contributed by atoms with Crippen molar-refractivity contribution in [3.63, 3.8) is 0 Å². The molecule has 2 amide bonds. The maximum absolute atomic E-state index is 13.2. The van der Waals surface area contributed by atoms with Crippen LogP contribution in [0.25, 0.3) is 11.4 Å². The number of nitrogens with zero attached hydrogens (tertiary/aromatic N) is 4. The number of hydrogen-bond acceptors (Lipinski definition) is 12. The second-order valence-electron chi connectivity index (χ2n) is 9.55. The average Bonchev–Trinajstić information content (AvgIpc) is 2.97. The summed E-state index contributed by atoms with van der Waals surface area (Å²) in [5.74, 6) is -4.79. The fourth-order valence-electron chi connectivity index (χ4n) is 4.31. The molecule has 2 aromatic heterocycles. The molecule has 0 radical (unpaired) electrons. The summed E-state index contributed by atoms with van der Waals surface area (Å²) in [5.41, 5.74) is -2.96. The Labute approximate surface area is 231 Å². The van der Waals surface area contributed by atoms with Gasteiger partial charge in [0.25, 0.3) is 5.91 Å². The van der Waals surface area contributed by atoms with E-state index < -0.39 is 68.3 Å². The quantitative estimate of drug-likeness (QED) is 0.115.